The molecule has 1 N–H and O–H groups in total. The van der Waals surface area contributed by atoms with Crippen LogP contribution in [0.15, 0.2) is 121 Å². The maximum absolute atomic E-state index is 4.14. The first-order valence-electron chi connectivity index (χ1n) is 14.7. The minimum absolute atomic E-state index is 0.0914. The molecule has 2 nitrogen and oxygen atoms in total. The topological polar surface area (TPSA) is 15.3 Å². The predicted molar refractivity (Wildman–Crippen MR) is 167 cm³/mol. The molecule has 0 amide bonds. The maximum atomic E-state index is 4.14. The van der Waals surface area contributed by atoms with Crippen molar-refractivity contribution in [3.8, 4) is 11.1 Å². The van der Waals surface area contributed by atoms with Crippen molar-refractivity contribution in [3.63, 3.8) is 0 Å². The maximum Gasteiger partial charge on any atom is 0.129 e. The predicted octanol–water partition coefficient (Wildman–Crippen LogP) is 7.99. The average Bonchev–Trinajstić information content (AvgIpc) is 3.45. The largest absolute Gasteiger partial charge is 0.299 e. The van der Waals surface area contributed by atoms with Gasteiger partial charge in [0.05, 0.1) is 11.7 Å². The summed E-state index contributed by atoms with van der Waals surface area (Å²) in [7, 11) is -1.97. The molecule has 0 radical (unpaired) electrons. The lowest BCUT2D eigenvalue weighted by Gasteiger charge is -2.51. The molecule has 198 valence electrons. The second kappa shape index (κ2) is 9.30. The summed E-state index contributed by atoms with van der Waals surface area (Å²) in [5.41, 5.74) is 5.85. The molecule has 1 saturated carbocycles. The minimum atomic E-state index is -1.97. The summed E-state index contributed by atoms with van der Waals surface area (Å²) in [6.45, 7) is 10.2. The van der Waals surface area contributed by atoms with E-state index in [2.05, 4.69) is 158 Å². The number of fused-ring (bicyclic) bond motifs is 4. The van der Waals surface area contributed by atoms with Crippen LogP contribution in [0.4, 0.5) is 0 Å². The molecular weight excluding hydrogens is 488 g/mol. The van der Waals surface area contributed by atoms with Crippen LogP contribution < -0.4 is 5.32 Å². The summed E-state index contributed by atoms with van der Waals surface area (Å²) < 4.78 is 2.96. The second-order valence-corrected chi connectivity index (χ2v) is 17.5. The Morgan fingerprint density at radius 2 is 1.26 bits per heavy atom. The van der Waals surface area contributed by atoms with Crippen LogP contribution >= 0.6 is 0 Å². The van der Waals surface area contributed by atoms with Gasteiger partial charge in [0, 0.05) is 6.04 Å². The molecule has 0 spiro atoms. The molecule has 5 unspecified atom stereocenters. The summed E-state index contributed by atoms with van der Waals surface area (Å²) in [5.74, 6) is 2.45. The van der Waals surface area contributed by atoms with Crippen molar-refractivity contribution < 1.29 is 0 Å². The number of rotatable bonds is 4. The fraction of sp³-hybridized carbons (Fsp3) is 0.333. The van der Waals surface area contributed by atoms with Crippen molar-refractivity contribution in [3.05, 3.63) is 127 Å². The summed E-state index contributed by atoms with van der Waals surface area (Å²) in [5, 5.41) is 4.14. The summed E-state index contributed by atoms with van der Waals surface area (Å²) in [6.07, 6.45) is 26.4. The van der Waals surface area contributed by atoms with Crippen molar-refractivity contribution in [2.45, 2.75) is 50.2 Å². The Morgan fingerprint density at radius 1 is 0.667 bits per heavy atom. The zero-order chi connectivity index (χ0) is 26.8. The van der Waals surface area contributed by atoms with Crippen molar-refractivity contribution in [1.82, 2.24) is 9.88 Å². The van der Waals surface area contributed by atoms with E-state index in [-0.39, 0.29) is 11.7 Å². The zero-order valence-electron chi connectivity index (χ0n) is 23.5. The average molecular weight is 529 g/mol. The highest BCUT2D eigenvalue weighted by Gasteiger charge is 2.61. The number of allylic oxidation sites excluding steroid dienone is 10. The van der Waals surface area contributed by atoms with Gasteiger partial charge in [0.2, 0.25) is 0 Å². The molecule has 1 aliphatic heterocycles. The van der Waals surface area contributed by atoms with Crippen LogP contribution in [0.2, 0.25) is 18.6 Å². The highest BCUT2D eigenvalue weighted by atomic mass is 28.3. The fourth-order valence-corrected chi connectivity index (χ4v) is 14.3. The molecule has 7 rings (SSSR count). The summed E-state index contributed by atoms with van der Waals surface area (Å²) >= 11 is 0. The van der Waals surface area contributed by atoms with E-state index in [0.717, 1.165) is 0 Å². The monoisotopic (exact) mass is 528 g/mol. The molecule has 2 aromatic rings. The van der Waals surface area contributed by atoms with E-state index >= 15 is 0 Å². The molecule has 39 heavy (non-hydrogen) atoms. The van der Waals surface area contributed by atoms with Gasteiger partial charge in [-0.25, -0.2) is 0 Å². The first-order chi connectivity index (χ1) is 18.9. The van der Waals surface area contributed by atoms with Gasteiger partial charge in [-0.2, -0.15) is 0 Å². The number of benzene rings is 2. The van der Waals surface area contributed by atoms with E-state index in [1.807, 2.05) is 0 Å². The molecule has 1 saturated heterocycles. The Hall–Kier alpha value is -2.98. The summed E-state index contributed by atoms with van der Waals surface area (Å²) in [4.78, 5) is 0. The highest BCUT2D eigenvalue weighted by molar-refractivity contribution is 6.76. The Labute approximate surface area is 235 Å². The van der Waals surface area contributed by atoms with Gasteiger partial charge < -0.3 is 0 Å². The van der Waals surface area contributed by atoms with Crippen LogP contribution in [0.1, 0.15) is 19.4 Å². The molecule has 6 atom stereocenters. The van der Waals surface area contributed by atoms with Crippen molar-refractivity contribution >= 4 is 13.8 Å². The summed E-state index contributed by atoms with van der Waals surface area (Å²) in [6, 6.07) is 20.5. The van der Waals surface area contributed by atoms with Gasteiger partial charge in [0.25, 0.3) is 0 Å². The van der Waals surface area contributed by atoms with Gasteiger partial charge in [-0.05, 0) is 71.4 Å². The van der Waals surface area contributed by atoms with Gasteiger partial charge in [-0.15, -0.1) is 0 Å². The molecule has 5 aliphatic rings. The molecule has 0 bridgehead atoms. The quantitative estimate of drug-likeness (QED) is 0.405. The van der Waals surface area contributed by atoms with E-state index in [1.54, 1.807) is 0 Å². The van der Waals surface area contributed by atoms with E-state index in [9.17, 15) is 0 Å². The van der Waals surface area contributed by atoms with Crippen molar-refractivity contribution in [2.24, 2.45) is 23.7 Å². The Bertz CT molecular complexity index is 1410. The van der Waals surface area contributed by atoms with Crippen LogP contribution in [0.3, 0.4) is 0 Å². The third kappa shape index (κ3) is 3.97. The van der Waals surface area contributed by atoms with Crippen LogP contribution in [0.5, 0.6) is 0 Å². The van der Waals surface area contributed by atoms with Gasteiger partial charge >= 0.3 is 0 Å². The lowest BCUT2D eigenvalue weighted by molar-refractivity contribution is 0.227. The van der Waals surface area contributed by atoms with Crippen molar-refractivity contribution in [1.29, 1.82) is 0 Å². The lowest BCUT2D eigenvalue weighted by Crippen LogP contribution is -2.64. The van der Waals surface area contributed by atoms with Crippen LogP contribution in [-0.4, -0.2) is 30.5 Å². The lowest BCUT2D eigenvalue weighted by atomic mass is 9.83. The third-order valence-electron chi connectivity index (χ3n) is 10.1. The van der Waals surface area contributed by atoms with Crippen LogP contribution in [-0.2, 0) is 0 Å². The molecular formula is C36H40N2Si. The minimum Gasteiger partial charge on any atom is -0.299 e. The van der Waals surface area contributed by atoms with E-state index in [1.165, 1.54) is 22.3 Å². The number of nitrogens with zero attached hydrogens (tertiary/aromatic N) is 1. The smallest absolute Gasteiger partial charge is 0.129 e. The zero-order valence-corrected chi connectivity index (χ0v) is 24.5. The van der Waals surface area contributed by atoms with Gasteiger partial charge in [-0.3, -0.25) is 9.88 Å². The molecule has 3 heteroatoms. The first kappa shape index (κ1) is 25.0. The molecule has 2 aromatic carbocycles. The molecule has 4 aliphatic carbocycles. The third-order valence-corrected chi connectivity index (χ3v) is 14.6. The SMILES string of the molecule is CC1(C)NC2C(c3cccc(-c4ccccc4)c3)=CC=C[C@H]2N1[Si](C)(C)C1C2C=CC=CC2C2C=CC=CC21. The van der Waals surface area contributed by atoms with E-state index < -0.39 is 8.24 Å². The number of hydrogen-bond acceptors (Lipinski definition) is 2. The van der Waals surface area contributed by atoms with E-state index in [0.29, 0.717) is 35.3 Å². The normalized spacial score (nSPS) is 34.1. The fourth-order valence-electron chi connectivity index (χ4n) is 8.91. The second-order valence-electron chi connectivity index (χ2n) is 13.0. The molecule has 1 heterocycles. The van der Waals surface area contributed by atoms with E-state index in [4.69, 9.17) is 0 Å². The molecule has 2 fully saturated rings. The Kier molecular flexibility index (Phi) is 5.96. The van der Waals surface area contributed by atoms with Gasteiger partial charge in [0.1, 0.15) is 8.24 Å². The standard InChI is InChI=1S/C36H40N2Si/c1-36(2)37-34-28(27-17-12-16-26(24-27)25-14-6-5-7-15-25)22-13-23-33(34)38(36)39(3,4)35-31-20-10-8-18-29(31)30-19-9-11-21-32(30)35/h5-24,29-35,37H,1-4H3/t29?,30?,31?,32?,33-,34?,35?/m1/s1. The van der Waals surface area contributed by atoms with Crippen molar-refractivity contribution in [2.75, 3.05) is 0 Å². The highest BCUT2D eigenvalue weighted by Crippen LogP contribution is 2.60. The molecule has 0 aromatic heterocycles. The van der Waals surface area contributed by atoms with Gasteiger partial charge in [0.15, 0.2) is 0 Å². The Morgan fingerprint density at radius 3 is 1.92 bits per heavy atom. The number of nitrogens with one attached hydrogen (secondary N) is 1. The Balaban J connectivity index is 1.25. The van der Waals surface area contributed by atoms with Crippen LogP contribution in [0, 0.1) is 23.7 Å². The van der Waals surface area contributed by atoms with Gasteiger partial charge in [-0.1, -0.05) is 128 Å². The first-order valence-corrected chi connectivity index (χ1v) is 17.7. The van der Waals surface area contributed by atoms with Crippen LogP contribution in [0.25, 0.3) is 16.7 Å². The number of hydrogen-bond donors (Lipinski definition) is 1.